The predicted octanol–water partition coefficient (Wildman–Crippen LogP) is 1.20. The van der Waals surface area contributed by atoms with E-state index in [1.165, 1.54) is 0 Å². The zero-order valence-electron chi connectivity index (χ0n) is 7.88. The summed E-state index contributed by atoms with van der Waals surface area (Å²) in [6, 6.07) is 0. The van der Waals surface area contributed by atoms with Crippen molar-refractivity contribution in [2.45, 2.75) is 39.5 Å². The molecule has 0 aromatic rings. The molecule has 0 aliphatic heterocycles. The molecule has 0 heterocycles. The quantitative estimate of drug-likeness (QED) is 0.623. The zero-order chi connectivity index (χ0) is 9.14. The third-order valence-electron chi connectivity index (χ3n) is 3.05. The standard InChI is InChI=1S/C10H18O2/c1-7(2)8-3-5-9(6-4-8)10(11)12/h7-9H,3-6H2,1-2H3,(H,11,12)/p-1. The van der Waals surface area contributed by atoms with Crippen molar-refractivity contribution in [2.75, 3.05) is 0 Å². The second-order valence-electron chi connectivity index (χ2n) is 4.17. The van der Waals surface area contributed by atoms with E-state index in [2.05, 4.69) is 13.8 Å². The molecule has 1 saturated carbocycles. The van der Waals surface area contributed by atoms with Gasteiger partial charge in [-0.3, -0.25) is 0 Å². The van der Waals surface area contributed by atoms with Gasteiger partial charge in [-0.25, -0.2) is 0 Å². The molecule has 1 aliphatic rings. The topological polar surface area (TPSA) is 40.1 Å². The Kier molecular flexibility index (Phi) is 3.12. The van der Waals surface area contributed by atoms with Crippen molar-refractivity contribution < 1.29 is 9.90 Å². The van der Waals surface area contributed by atoms with Crippen LogP contribution in [-0.4, -0.2) is 5.97 Å². The van der Waals surface area contributed by atoms with E-state index >= 15 is 0 Å². The Morgan fingerprint density at radius 1 is 1.25 bits per heavy atom. The lowest BCUT2D eigenvalue weighted by atomic mass is 9.77. The summed E-state index contributed by atoms with van der Waals surface area (Å²) >= 11 is 0. The smallest absolute Gasteiger partial charge is 0.0445 e. The Balaban J connectivity index is 2.34. The molecule has 0 aromatic heterocycles. The Morgan fingerprint density at radius 3 is 2.08 bits per heavy atom. The van der Waals surface area contributed by atoms with Crippen LogP contribution in [0.3, 0.4) is 0 Å². The van der Waals surface area contributed by atoms with Gasteiger partial charge in [0.1, 0.15) is 0 Å². The van der Waals surface area contributed by atoms with Crippen LogP contribution in [0.25, 0.3) is 0 Å². The largest absolute Gasteiger partial charge is 0.550 e. The van der Waals surface area contributed by atoms with Crippen LogP contribution in [0.15, 0.2) is 0 Å². The van der Waals surface area contributed by atoms with Crippen LogP contribution in [0.4, 0.5) is 0 Å². The Labute approximate surface area is 74.0 Å². The van der Waals surface area contributed by atoms with Crippen molar-refractivity contribution in [3.05, 3.63) is 0 Å². The van der Waals surface area contributed by atoms with Crippen LogP contribution < -0.4 is 5.11 Å². The summed E-state index contributed by atoms with van der Waals surface area (Å²) in [6.07, 6.45) is 3.78. The number of rotatable bonds is 2. The van der Waals surface area contributed by atoms with Crippen molar-refractivity contribution in [1.29, 1.82) is 0 Å². The molecule has 1 rings (SSSR count). The minimum absolute atomic E-state index is 0.167. The van der Waals surface area contributed by atoms with Gasteiger partial charge in [-0.15, -0.1) is 0 Å². The summed E-state index contributed by atoms with van der Waals surface area (Å²) < 4.78 is 0. The van der Waals surface area contributed by atoms with Gasteiger partial charge in [0, 0.05) is 5.97 Å². The SMILES string of the molecule is CC(C)C1CCC(C(=O)[O-])CC1. The maximum absolute atomic E-state index is 10.5. The van der Waals surface area contributed by atoms with Gasteiger partial charge in [-0.1, -0.05) is 13.8 Å². The first kappa shape index (κ1) is 9.56. The van der Waals surface area contributed by atoms with E-state index in [1.54, 1.807) is 0 Å². The zero-order valence-corrected chi connectivity index (χ0v) is 7.88. The molecule has 0 spiro atoms. The molecule has 1 fully saturated rings. The second kappa shape index (κ2) is 3.92. The minimum atomic E-state index is -0.850. The van der Waals surface area contributed by atoms with Gasteiger partial charge in [-0.2, -0.15) is 0 Å². The van der Waals surface area contributed by atoms with E-state index in [0.29, 0.717) is 5.92 Å². The monoisotopic (exact) mass is 169 g/mol. The average Bonchev–Trinajstić information content (AvgIpc) is 2.04. The third-order valence-corrected chi connectivity index (χ3v) is 3.05. The van der Waals surface area contributed by atoms with Gasteiger partial charge in [0.2, 0.25) is 0 Å². The van der Waals surface area contributed by atoms with Crippen molar-refractivity contribution in [1.82, 2.24) is 0 Å². The van der Waals surface area contributed by atoms with Gasteiger partial charge in [0.25, 0.3) is 0 Å². The van der Waals surface area contributed by atoms with Gasteiger partial charge >= 0.3 is 0 Å². The molecule has 12 heavy (non-hydrogen) atoms. The molecule has 0 unspecified atom stereocenters. The molecule has 0 saturated heterocycles. The normalized spacial score (nSPS) is 30.6. The maximum atomic E-state index is 10.5. The molecular formula is C10H17O2-. The van der Waals surface area contributed by atoms with Gasteiger partial charge < -0.3 is 9.90 Å². The average molecular weight is 169 g/mol. The second-order valence-corrected chi connectivity index (χ2v) is 4.17. The number of carboxylic acid groups (broad SMARTS) is 1. The highest BCUT2D eigenvalue weighted by Crippen LogP contribution is 2.32. The predicted molar refractivity (Wildman–Crippen MR) is 45.3 cm³/mol. The van der Waals surface area contributed by atoms with Gasteiger partial charge in [0.05, 0.1) is 0 Å². The number of aliphatic carboxylic acids is 1. The van der Waals surface area contributed by atoms with Crippen molar-refractivity contribution in [3.8, 4) is 0 Å². The molecular weight excluding hydrogens is 152 g/mol. The first-order valence-electron chi connectivity index (χ1n) is 4.82. The fourth-order valence-corrected chi connectivity index (χ4v) is 2.02. The van der Waals surface area contributed by atoms with E-state index in [4.69, 9.17) is 0 Å². The van der Waals surface area contributed by atoms with Crippen LogP contribution in [0.2, 0.25) is 0 Å². The fraction of sp³-hybridized carbons (Fsp3) is 0.900. The van der Waals surface area contributed by atoms with E-state index < -0.39 is 5.97 Å². The van der Waals surface area contributed by atoms with Gasteiger partial charge in [0.15, 0.2) is 0 Å². The van der Waals surface area contributed by atoms with Crippen molar-refractivity contribution in [2.24, 2.45) is 17.8 Å². The number of carbonyl (C=O) groups excluding carboxylic acids is 1. The molecule has 0 N–H and O–H groups in total. The molecule has 0 radical (unpaired) electrons. The lowest BCUT2D eigenvalue weighted by Gasteiger charge is -2.31. The molecule has 1 aliphatic carbocycles. The maximum Gasteiger partial charge on any atom is 0.0445 e. The number of hydrogen-bond acceptors (Lipinski definition) is 2. The highest BCUT2D eigenvalue weighted by molar-refractivity contribution is 5.67. The van der Waals surface area contributed by atoms with E-state index in [9.17, 15) is 9.90 Å². The molecule has 2 heteroatoms. The van der Waals surface area contributed by atoms with E-state index in [1.807, 2.05) is 0 Å². The summed E-state index contributed by atoms with van der Waals surface area (Å²) in [4.78, 5) is 10.5. The summed E-state index contributed by atoms with van der Waals surface area (Å²) in [6.45, 7) is 4.42. The molecule has 0 aromatic carbocycles. The van der Waals surface area contributed by atoms with Crippen LogP contribution in [-0.2, 0) is 4.79 Å². The first-order valence-corrected chi connectivity index (χ1v) is 4.82. The van der Waals surface area contributed by atoms with Crippen LogP contribution in [0, 0.1) is 17.8 Å². The third kappa shape index (κ3) is 2.23. The highest BCUT2D eigenvalue weighted by atomic mass is 16.4. The summed E-state index contributed by atoms with van der Waals surface area (Å²) in [5.41, 5.74) is 0. The van der Waals surface area contributed by atoms with E-state index in [0.717, 1.165) is 31.6 Å². The molecule has 2 nitrogen and oxygen atoms in total. The first-order chi connectivity index (χ1) is 5.61. The Bertz CT molecular complexity index is 155. The van der Waals surface area contributed by atoms with Crippen LogP contribution in [0.5, 0.6) is 0 Å². The summed E-state index contributed by atoms with van der Waals surface area (Å²) in [5, 5.41) is 10.5. The van der Waals surface area contributed by atoms with Gasteiger partial charge in [-0.05, 0) is 43.4 Å². The fourth-order valence-electron chi connectivity index (χ4n) is 2.02. The molecule has 0 atom stereocenters. The molecule has 70 valence electrons. The lowest BCUT2D eigenvalue weighted by Crippen LogP contribution is -2.34. The number of hydrogen-bond donors (Lipinski definition) is 0. The lowest BCUT2D eigenvalue weighted by molar-refractivity contribution is -0.312. The molecule has 0 amide bonds. The van der Waals surface area contributed by atoms with Crippen molar-refractivity contribution >= 4 is 5.97 Å². The number of carboxylic acids is 1. The Morgan fingerprint density at radius 2 is 1.75 bits per heavy atom. The summed E-state index contributed by atoms with van der Waals surface area (Å²) in [5.74, 6) is 0.422. The summed E-state index contributed by atoms with van der Waals surface area (Å²) in [7, 11) is 0. The highest BCUT2D eigenvalue weighted by Gasteiger charge is 2.23. The Hall–Kier alpha value is -0.530. The van der Waals surface area contributed by atoms with E-state index in [-0.39, 0.29) is 5.92 Å². The number of carbonyl (C=O) groups is 1. The molecule has 0 bridgehead atoms. The van der Waals surface area contributed by atoms with Crippen LogP contribution >= 0.6 is 0 Å². The van der Waals surface area contributed by atoms with Crippen molar-refractivity contribution in [3.63, 3.8) is 0 Å². The minimum Gasteiger partial charge on any atom is -0.550 e. The van der Waals surface area contributed by atoms with Crippen LogP contribution in [0.1, 0.15) is 39.5 Å².